The van der Waals surface area contributed by atoms with Crippen molar-refractivity contribution in [3.8, 4) is 0 Å². The molecule has 2 aromatic heterocycles. The van der Waals surface area contributed by atoms with E-state index in [4.69, 9.17) is 0 Å². The minimum atomic E-state index is -0.222. The molecule has 4 aromatic rings. The van der Waals surface area contributed by atoms with E-state index in [1.165, 1.54) is 0 Å². The zero-order valence-electron chi connectivity index (χ0n) is 15.8. The Morgan fingerprint density at radius 2 is 1.52 bits per heavy atom. The number of pyridine rings is 2. The summed E-state index contributed by atoms with van der Waals surface area (Å²) in [6.45, 7) is 0.898. The number of benzene rings is 2. The second kappa shape index (κ2) is 8.48. The van der Waals surface area contributed by atoms with Crippen LogP contribution in [-0.4, -0.2) is 34.9 Å². The summed E-state index contributed by atoms with van der Waals surface area (Å²) in [6.07, 6.45) is 2.29. The molecule has 0 spiro atoms. The Hall–Kier alpha value is -3.80. The SMILES string of the molecule is O=C(NCCCNC(=O)c1cccc2cccnc12)c1ccc2ccccc2n1. The Morgan fingerprint density at radius 3 is 2.41 bits per heavy atom. The molecule has 4 rings (SSSR count). The lowest BCUT2D eigenvalue weighted by Crippen LogP contribution is -2.30. The molecule has 144 valence electrons. The van der Waals surface area contributed by atoms with E-state index in [1.807, 2.05) is 54.6 Å². The Bertz CT molecular complexity index is 1180. The van der Waals surface area contributed by atoms with E-state index in [-0.39, 0.29) is 11.8 Å². The molecule has 6 heteroatoms. The molecule has 0 aliphatic heterocycles. The van der Waals surface area contributed by atoms with Crippen molar-refractivity contribution in [2.75, 3.05) is 13.1 Å². The number of rotatable bonds is 6. The molecular weight excluding hydrogens is 364 g/mol. The Kier molecular flexibility index (Phi) is 5.42. The maximum Gasteiger partial charge on any atom is 0.269 e. The predicted molar refractivity (Wildman–Crippen MR) is 113 cm³/mol. The van der Waals surface area contributed by atoms with Crippen molar-refractivity contribution < 1.29 is 9.59 Å². The number of para-hydroxylation sites is 2. The molecule has 2 N–H and O–H groups in total. The lowest BCUT2D eigenvalue weighted by Gasteiger charge is -2.08. The third-order valence-electron chi connectivity index (χ3n) is 4.63. The van der Waals surface area contributed by atoms with Crippen LogP contribution in [-0.2, 0) is 0 Å². The van der Waals surface area contributed by atoms with Crippen molar-refractivity contribution in [3.05, 3.63) is 84.2 Å². The van der Waals surface area contributed by atoms with Crippen LogP contribution in [0.1, 0.15) is 27.3 Å². The lowest BCUT2D eigenvalue weighted by atomic mass is 10.1. The molecular formula is C23H20N4O2. The minimum absolute atomic E-state index is 0.170. The summed E-state index contributed by atoms with van der Waals surface area (Å²) in [5.41, 5.74) is 2.40. The highest BCUT2D eigenvalue weighted by molar-refractivity contribution is 6.05. The summed E-state index contributed by atoms with van der Waals surface area (Å²) in [4.78, 5) is 33.4. The average Bonchev–Trinajstić information content (AvgIpc) is 2.77. The summed E-state index contributed by atoms with van der Waals surface area (Å²) in [5, 5.41) is 7.65. The second-order valence-electron chi connectivity index (χ2n) is 6.64. The van der Waals surface area contributed by atoms with Crippen molar-refractivity contribution in [1.82, 2.24) is 20.6 Å². The van der Waals surface area contributed by atoms with Crippen molar-refractivity contribution in [1.29, 1.82) is 0 Å². The van der Waals surface area contributed by atoms with Gasteiger partial charge in [0, 0.05) is 30.1 Å². The summed E-state index contributed by atoms with van der Waals surface area (Å²) in [7, 11) is 0. The standard InChI is InChI=1S/C23H20N4O2/c28-22(18-9-3-7-17-8-4-13-24-21(17)18)25-14-5-15-26-23(29)20-12-11-16-6-1-2-10-19(16)27-20/h1-4,6-13H,5,14-15H2,(H,25,28)(H,26,29). The van der Waals surface area contributed by atoms with Crippen molar-refractivity contribution in [3.63, 3.8) is 0 Å². The van der Waals surface area contributed by atoms with E-state index >= 15 is 0 Å². The van der Waals surface area contributed by atoms with Crippen LogP contribution in [0.2, 0.25) is 0 Å². The van der Waals surface area contributed by atoms with Gasteiger partial charge >= 0.3 is 0 Å². The van der Waals surface area contributed by atoms with E-state index in [0.717, 1.165) is 16.3 Å². The molecule has 0 radical (unpaired) electrons. The topological polar surface area (TPSA) is 84.0 Å². The van der Waals surface area contributed by atoms with Crippen molar-refractivity contribution in [2.45, 2.75) is 6.42 Å². The second-order valence-corrected chi connectivity index (χ2v) is 6.64. The molecule has 2 heterocycles. The number of fused-ring (bicyclic) bond motifs is 2. The minimum Gasteiger partial charge on any atom is -0.352 e. The quantitative estimate of drug-likeness (QED) is 0.500. The monoisotopic (exact) mass is 384 g/mol. The van der Waals surface area contributed by atoms with Gasteiger partial charge in [-0.15, -0.1) is 0 Å². The highest BCUT2D eigenvalue weighted by atomic mass is 16.2. The van der Waals surface area contributed by atoms with Crippen LogP contribution < -0.4 is 10.6 Å². The van der Waals surface area contributed by atoms with Gasteiger partial charge in [-0.05, 0) is 30.7 Å². The van der Waals surface area contributed by atoms with Gasteiger partial charge in [-0.1, -0.05) is 42.5 Å². The van der Waals surface area contributed by atoms with Crippen LogP contribution in [0.4, 0.5) is 0 Å². The maximum absolute atomic E-state index is 12.5. The Morgan fingerprint density at radius 1 is 0.759 bits per heavy atom. The van der Waals surface area contributed by atoms with Crippen LogP contribution in [0.15, 0.2) is 72.9 Å². The molecule has 29 heavy (non-hydrogen) atoms. The average molecular weight is 384 g/mol. The Balaban J connectivity index is 1.28. The van der Waals surface area contributed by atoms with Gasteiger partial charge in [0.05, 0.1) is 16.6 Å². The number of nitrogens with one attached hydrogen (secondary N) is 2. The van der Waals surface area contributed by atoms with E-state index in [1.54, 1.807) is 18.3 Å². The van der Waals surface area contributed by atoms with Crippen LogP contribution in [0, 0.1) is 0 Å². The third kappa shape index (κ3) is 4.21. The van der Waals surface area contributed by atoms with Crippen molar-refractivity contribution in [2.24, 2.45) is 0 Å². The highest BCUT2D eigenvalue weighted by Crippen LogP contribution is 2.15. The van der Waals surface area contributed by atoms with Crippen LogP contribution in [0.25, 0.3) is 21.8 Å². The molecule has 0 saturated heterocycles. The molecule has 0 aliphatic carbocycles. The summed E-state index contributed by atoms with van der Waals surface area (Å²) in [5.74, 6) is -0.392. The summed E-state index contributed by atoms with van der Waals surface area (Å²) < 4.78 is 0. The van der Waals surface area contributed by atoms with E-state index in [0.29, 0.717) is 36.3 Å². The summed E-state index contributed by atoms with van der Waals surface area (Å²) in [6, 6.07) is 20.6. The zero-order chi connectivity index (χ0) is 20.1. The third-order valence-corrected chi connectivity index (χ3v) is 4.63. The first-order valence-corrected chi connectivity index (χ1v) is 9.48. The number of amides is 2. The lowest BCUT2D eigenvalue weighted by molar-refractivity contribution is 0.0948. The van der Waals surface area contributed by atoms with Gasteiger partial charge < -0.3 is 10.6 Å². The largest absolute Gasteiger partial charge is 0.352 e. The fourth-order valence-electron chi connectivity index (χ4n) is 3.16. The Labute approximate surface area is 168 Å². The molecule has 0 aliphatic rings. The first-order valence-electron chi connectivity index (χ1n) is 9.48. The molecule has 2 amide bonds. The normalized spacial score (nSPS) is 10.8. The van der Waals surface area contributed by atoms with Gasteiger partial charge in [0.25, 0.3) is 11.8 Å². The maximum atomic E-state index is 12.5. The van der Waals surface area contributed by atoms with E-state index in [9.17, 15) is 9.59 Å². The van der Waals surface area contributed by atoms with E-state index in [2.05, 4.69) is 20.6 Å². The molecule has 2 aromatic carbocycles. The van der Waals surface area contributed by atoms with E-state index < -0.39 is 0 Å². The molecule has 0 unspecified atom stereocenters. The number of aromatic nitrogens is 2. The summed E-state index contributed by atoms with van der Waals surface area (Å²) >= 11 is 0. The fourth-order valence-corrected chi connectivity index (χ4v) is 3.16. The number of hydrogen-bond donors (Lipinski definition) is 2. The van der Waals surface area contributed by atoms with Gasteiger partial charge in [-0.3, -0.25) is 14.6 Å². The highest BCUT2D eigenvalue weighted by Gasteiger charge is 2.11. The van der Waals surface area contributed by atoms with Gasteiger partial charge in [0.2, 0.25) is 0 Å². The van der Waals surface area contributed by atoms with Crippen LogP contribution >= 0.6 is 0 Å². The number of carbonyl (C=O) groups is 2. The van der Waals surface area contributed by atoms with Gasteiger partial charge in [0.1, 0.15) is 5.69 Å². The smallest absolute Gasteiger partial charge is 0.269 e. The molecule has 0 atom stereocenters. The zero-order valence-corrected chi connectivity index (χ0v) is 15.8. The predicted octanol–water partition coefficient (Wildman–Crippen LogP) is 3.33. The molecule has 0 fully saturated rings. The molecule has 6 nitrogen and oxygen atoms in total. The fraction of sp³-hybridized carbons (Fsp3) is 0.130. The van der Waals surface area contributed by atoms with Crippen LogP contribution in [0.5, 0.6) is 0 Å². The van der Waals surface area contributed by atoms with Crippen molar-refractivity contribution >= 4 is 33.6 Å². The number of carbonyl (C=O) groups excluding carboxylic acids is 2. The number of nitrogens with zero attached hydrogens (tertiary/aromatic N) is 2. The van der Waals surface area contributed by atoms with Gasteiger partial charge in [0.15, 0.2) is 0 Å². The van der Waals surface area contributed by atoms with Gasteiger partial charge in [-0.2, -0.15) is 0 Å². The molecule has 0 saturated carbocycles. The first kappa shape index (κ1) is 18.6. The molecule has 0 bridgehead atoms. The van der Waals surface area contributed by atoms with Crippen LogP contribution in [0.3, 0.4) is 0 Å². The first-order chi connectivity index (χ1) is 14.2. The van der Waals surface area contributed by atoms with Gasteiger partial charge in [-0.25, -0.2) is 4.98 Å². The number of hydrogen-bond acceptors (Lipinski definition) is 4.